The fourth-order valence-corrected chi connectivity index (χ4v) is 2.12. The van der Waals surface area contributed by atoms with Crippen LogP contribution in [0.2, 0.25) is 0 Å². The Hall–Kier alpha value is -0.160. The lowest BCUT2D eigenvalue weighted by atomic mass is 10.0. The highest BCUT2D eigenvalue weighted by atomic mass is 17.1. The van der Waals surface area contributed by atoms with Gasteiger partial charge in [-0.05, 0) is 6.42 Å². The van der Waals surface area contributed by atoms with Crippen LogP contribution in [0.25, 0.3) is 0 Å². The molecule has 0 aliphatic rings. The molecule has 0 amide bonds. The quantitative estimate of drug-likeness (QED) is 0.323. The fourth-order valence-electron chi connectivity index (χ4n) is 2.12. The predicted octanol–water partition coefficient (Wildman–Crippen LogP) is 4.39. The standard InChI is InChI=1S/C13H29NO3/c1-3-5-6-7-8-9-10-11-12-13(4-2)14(15,16)17/h13,15-16H,3-12H2,1-2H3. The second-order valence-corrected chi connectivity index (χ2v) is 4.91. The maximum absolute atomic E-state index is 10.9. The third-order valence-electron chi connectivity index (χ3n) is 3.34. The molecule has 1 atom stereocenters. The second kappa shape index (κ2) is 9.83. The van der Waals surface area contributed by atoms with Crippen molar-refractivity contribution in [3.8, 4) is 0 Å². The molecule has 0 rings (SSSR count). The van der Waals surface area contributed by atoms with Crippen molar-refractivity contribution in [2.75, 3.05) is 0 Å². The summed E-state index contributed by atoms with van der Waals surface area (Å²) in [6.45, 7) is 4.02. The van der Waals surface area contributed by atoms with Crippen LogP contribution >= 0.6 is 0 Å². The lowest BCUT2D eigenvalue weighted by Gasteiger charge is -2.32. The maximum Gasteiger partial charge on any atom is 0.151 e. The van der Waals surface area contributed by atoms with Crippen LogP contribution in [-0.2, 0) is 0 Å². The molecular formula is C13H29NO3. The van der Waals surface area contributed by atoms with Gasteiger partial charge in [0.15, 0.2) is 6.04 Å². The smallest absolute Gasteiger partial charge is 0.151 e. The number of rotatable bonds is 11. The van der Waals surface area contributed by atoms with Crippen LogP contribution in [0.4, 0.5) is 0 Å². The molecular weight excluding hydrogens is 218 g/mol. The minimum atomic E-state index is -2.12. The molecule has 0 fully saturated rings. The zero-order valence-electron chi connectivity index (χ0n) is 11.4. The fraction of sp³-hybridized carbons (Fsp3) is 1.00. The minimum absolute atomic E-state index is 0.507. The summed E-state index contributed by atoms with van der Waals surface area (Å²) in [4.78, 5) is -2.12. The molecule has 0 bridgehead atoms. The number of hydroxylamine groups is 3. The molecule has 104 valence electrons. The van der Waals surface area contributed by atoms with Gasteiger partial charge in [-0.2, -0.15) is 10.4 Å². The Labute approximate surface area is 105 Å². The molecule has 17 heavy (non-hydrogen) atoms. The van der Waals surface area contributed by atoms with Gasteiger partial charge in [-0.15, -0.1) is 0 Å². The number of quaternary nitrogens is 1. The summed E-state index contributed by atoms with van der Waals surface area (Å²) in [5, 5.41) is 28.8. The number of hydrogen-bond acceptors (Lipinski definition) is 3. The molecule has 0 heterocycles. The predicted molar refractivity (Wildman–Crippen MR) is 68.5 cm³/mol. The molecule has 4 heteroatoms. The zero-order chi connectivity index (χ0) is 13.1. The van der Waals surface area contributed by atoms with Crippen LogP contribution in [0.5, 0.6) is 0 Å². The van der Waals surface area contributed by atoms with Crippen molar-refractivity contribution in [2.24, 2.45) is 0 Å². The van der Waals surface area contributed by atoms with Crippen molar-refractivity contribution in [3.63, 3.8) is 0 Å². The Morgan fingerprint density at radius 1 is 0.882 bits per heavy atom. The second-order valence-electron chi connectivity index (χ2n) is 4.91. The van der Waals surface area contributed by atoms with E-state index in [9.17, 15) is 5.21 Å². The van der Waals surface area contributed by atoms with Gasteiger partial charge in [0.1, 0.15) is 0 Å². The molecule has 0 aliphatic heterocycles. The van der Waals surface area contributed by atoms with E-state index < -0.39 is 11.0 Å². The Kier molecular flexibility index (Phi) is 9.74. The van der Waals surface area contributed by atoms with Gasteiger partial charge in [-0.1, -0.05) is 63.8 Å². The summed E-state index contributed by atoms with van der Waals surface area (Å²) in [7, 11) is 0. The van der Waals surface area contributed by atoms with E-state index in [1.807, 2.05) is 6.92 Å². The van der Waals surface area contributed by atoms with E-state index >= 15 is 0 Å². The molecule has 0 spiro atoms. The molecule has 4 nitrogen and oxygen atoms in total. The van der Waals surface area contributed by atoms with E-state index in [0.717, 1.165) is 12.8 Å². The number of nitrogens with zero attached hydrogens (tertiary/aromatic N) is 1. The average Bonchev–Trinajstić information content (AvgIpc) is 2.25. The summed E-state index contributed by atoms with van der Waals surface area (Å²) in [6.07, 6.45) is 10.8. The summed E-state index contributed by atoms with van der Waals surface area (Å²) >= 11 is 0. The minimum Gasteiger partial charge on any atom is -0.564 e. The average molecular weight is 247 g/mol. The van der Waals surface area contributed by atoms with Gasteiger partial charge in [-0.3, -0.25) is 0 Å². The highest BCUT2D eigenvalue weighted by Gasteiger charge is 2.23. The first-order valence-corrected chi connectivity index (χ1v) is 7.07. The molecule has 0 aromatic rings. The van der Waals surface area contributed by atoms with Gasteiger partial charge in [0.2, 0.25) is 0 Å². The summed E-state index contributed by atoms with van der Waals surface area (Å²) in [5.74, 6) is 0. The van der Waals surface area contributed by atoms with Crippen molar-refractivity contribution in [1.29, 1.82) is 0 Å². The van der Waals surface area contributed by atoms with Crippen LogP contribution in [0.3, 0.4) is 0 Å². The molecule has 2 N–H and O–H groups in total. The Bertz CT molecular complexity index is 169. The first kappa shape index (κ1) is 16.8. The maximum atomic E-state index is 10.9. The van der Waals surface area contributed by atoms with Crippen LogP contribution < -0.4 is 0 Å². The van der Waals surface area contributed by atoms with Gasteiger partial charge in [0.05, 0.1) is 0 Å². The first-order valence-electron chi connectivity index (χ1n) is 7.07. The molecule has 0 radical (unpaired) electrons. The van der Waals surface area contributed by atoms with Crippen LogP contribution in [0.1, 0.15) is 78.1 Å². The lowest BCUT2D eigenvalue weighted by Crippen LogP contribution is -2.44. The van der Waals surface area contributed by atoms with Gasteiger partial charge in [0.25, 0.3) is 0 Å². The van der Waals surface area contributed by atoms with Crippen LogP contribution in [0.15, 0.2) is 0 Å². The van der Waals surface area contributed by atoms with Crippen LogP contribution in [-0.4, -0.2) is 21.4 Å². The van der Waals surface area contributed by atoms with Crippen molar-refractivity contribution >= 4 is 0 Å². The summed E-state index contributed by atoms with van der Waals surface area (Å²) in [6, 6.07) is -0.588. The SMILES string of the molecule is CCCCCCCCCCC(CC)[N+]([O-])(O)O. The molecule has 0 aromatic carbocycles. The van der Waals surface area contributed by atoms with Crippen molar-refractivity contribution in [1.82, 2.24) is 0 Å². The third kappa shape index (κ3) is 9.53. The summed E-state index contributed by atoms with van der Waals surface area (Å²) < 4.78 is 0. The largest absolute Gasteiger partial charge is 0.564 e. The molecule has 0 aliphatic carbocycles. The van der Waals surface area contributed by atoms with Crippen molar-refractivity contribution in [3.05, 3.63) is 5.21 Å². The van der Waals surface area contributed by atoms with E-state index in [1.165, 1.54) is 38.5 Å². The molecule has 1 unspecified atom stereocenters. The monoisotopic (exact) mass is 247 g/mol. The normalized spacial score (nSPS) is 13.9. The highest BCUT2D eigenvalue weighted by Crippen LogP contribution is 2.17. The van der Waals surface area contributed by atoms with Gasteiger partial charge < -0.3 is 5.21 Å². The van der Waals surface area contributed by atoms with E-state index in [-0.39, 0.29) is 0 Å². The number of unbranched alkanes of at least 4 members (excludes halogenated alkanes) is 7. The summed E-state index contributed by atoms with van der Waals surface area (Å²) in [5.41, 5.74) is 0. The van der Waals surface area contributed by atoms with Crippen LogP contribution in [0, 0.1) is 5.21 Å². The Morgan fingerprint density at radius 2 is 1.35 bits per heavy atom. The van der Waals surface area contributed by atoms with E-state index in [1.54, 1.807) is 0 Å². The topological polar surface area (TPSA) is 63.5 Å². The number of hydrogen-bond donors (Lipinski definition) is 2. The van der Waals surface area contributed by atoms with Gasteiger partial charge >= 0.3 is 0 Å². The van der Waals surface area contributed by atoms with E-state index in [0.29, 0.717) is 12.8 Å². The van der Waals surface area contributed by atoms with Crippen molar-refractivity contribution in [2.45, 2.75) is 84.1 Å². The molecule has 0 saturated carbocycles. The van der Waals surface area contributed by atoms with Crippen molar-refractivity contribution < 1.29 is 15.4 Å². The highest BCUT2D eigenvalue weighted by molar-refractivity contribution is 4.55. The van der Waals surface area contributed by atoms with E-state index in [2.05, 4.69) is 6.92 Å². The molecule has 0 saturated heterocycles. The Balaban J connectivity index is 3.38. The third-order valence-corrected chi connectivity index (χ3v) is 3.34. The molecule has 0 aromatic heterocycles. The van der Waals surface area contributed by atoms with E-state index in [4.69, 9.17) is 10.4 Å². The Morgan fingerprint density at radius 3 is 1.76 bits per heavy atom. The van der Waals surface area contributed by atoms with Gasteiger partial charge in [0, 0.05) is 12.8 Å². The van der Waals surface area contributed by atoms with Gasteiger partial charge in [-0.25, -0.2) is 0 Å². The first-order chi connectivity index (χ1) is 8.02. The lowest BCUT2D eigenvalue weighted by molar-refractivity contribution is -1.23. The zero-order valence-corrected chi connectivity index (χ0v) is 11.4.